The van der Waals surface area contributed by atoms with Crippen molar-refractivity contribution < 1.29 is 9.90 Å². The van der Waals surface area contributed by atoms with E-state index in [-0.39, 0.29) is 24.2 Å². The minimum atomic E-state index is -0.724. The van der Waals surface area contributed by atoms with E-state index in [1.54, 1.807) is 12.3 Å². The molecule has 1 N–H and O–H groups in total. The normalized spacial score (nSPS) is 24.6. The predicted octanol–water partition coefficient (Wildman–Crippen LogP) is 1.09. The maximum absolute atomic E-state index is 10.5. The summed E-state index contributed by atoms with van der Waals surface area (Å²) in [5.41, 5.74) is 0.845. The standard InChI is InChI=1S/C8H8N2O2.ClH/c11-8(12)6-3-5(6)7-1-2-9-4-10-7;/h1-2,4-6H,3H2,(H,11,12);1H/t5-,6-;/m1./s1. The van der Waals surface area contributed by atoms with Crippen molar-refractivity contribution in [1.29, 1.82) is 0 Å². The molecule has 0 aromatic carbocycles. The van der Waals surface area contributed by atoms with Crippen LogP contribution in [0.25, 0.3) is 0 Å². The number of rotatable bonds is 2. The lowest BCUT2D eigenvalue weighted by molar-refractivity contribution is -0.138. The second-order valence-corrected chi connectivity index (χ2v) is 2.92. The van der Waals surface area contributed by atoms with Crippen molar-refractivity contribution in [2.45, 2.75) is 12.3 Å². The first-order valence-electron chi connectivity index (χ1n) is 3.78. The van der Waals surface area contributed by atoms with Crippen LogP contribution >= 0.6 is 12.4 Å². The summed E-state index contributed by atoms with van der Waals surface area (Å²) in [6.07, 6.45) is 3.80. The SMILES string of the molecule is Cl.O=C(O)[C@@H]1C[C@H]1c1ccncn1. The van der Waals surface area contributed by atoms with Crippen LogP contribution in [0, 0.1) is 5.92 Å². The highest BCUT2D eigenvalue weighted by molar-refractivity contribution is 5.85. The summed E-state index contributed by atoms with van der Waals surface area (Å²) in [4.78, 5) is 18.3. The lowest BCUT2D eigenvalue weighted by atomic mass is 10.2. The second kappa shape index (κ2) is 3.70. The Labute approximate surface area is 81.4 Å². The Morgan fingerprint density at radius 1 is 1.62 bits per heavy atom. The Hall–Kier alpha value is -1.16. The van der Waals surface area contributed by atoms with E-state index in [1.165, 1.54) is 6.33 Å². The summed E-state index contributed by atoms with van der Waals surface area (Å²) in [6, 6.07) is 1.77. The molecule has 1 fully saturated rings. The average Bonchev–Trinajstić information content (AvgIpc) is 2.84. The van der Waals surface area contributed by atoms with Gasteiger partial charge in [-0.2, -0.15) is 0 Å². The minimum Gasteiger partial charge on any atom is -0.481 e. The Bertz CT molecular complexity index is 304. The van der Waals surface area contributed by atoms with Crippen molar-refractivity contribution in [1.82, 2.24) is 9.97 Å². The van der Waals surface area contributed by atoms with Gasteiger partial charge >= 0.3 is 5.97 Å². The Morgan fingerprint density at radius 2 is 2.38 bits per heavy atom. The smallest absolute Gasteiger partial charge is 0.307 e. The Morgan fingerprint density at radius 3 is 2.85 bits per heavy atom. The minimum absolute atomic E-state index is 0. The number of carboxylic acid groups (broad SMARTS) is 1. The van der Waals surface area contributed by atoms with E-state index in [2.05, 4.69) is 9.97 Å². The second-order valence-electron chi connectivity index (χ2n) is 2.92. The molecule has 1 aliphatic rings. The molecule has 0 aliphatic heterocycles. The fraction of sp³-hybridized carbons (Fsp3) is 0.375. The lowest BCUT2D eigenvalue weighted by Crippen LogP contribution is -1.99. The van der Waals surface area contributed by atoms with Crippen LogP contribution in [0.2, 0.25) is 0 Å². The van der Waals surface area contributed by atoms with Crippen LogP contribution in [-0.2, 0) is 4.79 Å². The fourth-order valence-electron chi connectivity index (χ4n) is 1.32. The lowest BCUT2D eigenvalue weighted by Gasteiger charge is -1.93. The predicted molar refractivity (Wildman–Crippen MR) is 47.8 cm³/mol. The number of halogens is 1. The molecule has 0 bridgehead atoms. The van der Waals surface area contributed by atoms with Gasteiger partial charge in [-0.25, -0.2) is 9.97 Å². The topological polar surface area (TPSA) is 63.1 Å². The van der Waals surface area contributed by atoms with Crippen molar-refractivity contribution >= 4 is 18.4 Å². The molecule has 1 heterocycles. The number of carbonyl (C=O) groups is 1. The first-order valence-corrected chi connectivity index (χ1v) is 3.78. The molecule has 1 aliphatic carbocycles. The average molecular weight is 201 g/mol. The summed E-state index contributed by atoms with van der Waals surface area (Å²) >= 11 is 0. The van der Waals surface area contributed by atoms with E-state index in [4.69, 9.17) is 5.11 Å². The van der Waals surface area contributed by atoms with Gasteiger partial charge in [0.05, 0.1) is 5.92 Å². The van der Waals surface area contributed by atoms with Gasteiger partial charge in [-0.1, -0.05) is 0 Å². The first-order chi connectivity index (χ1) is 5.79. The summed E-state index contributed by atoms with van der Waals surface area (Å²) < 4.78 is 0. The molecule has 2 rings (SSSR count). The van der Waals surface area contributed by atoms with Crippen molar-refractivity contribution in [3.05, 3.63) is 24.3 Å². The van der Waals surface area contributed by atoms with Crippen molar-refractivity contribution in [3.63, 3.8) is 0 Å². The summed E-state index contributed by atoms with van der Waals surface area (Å²) in [5.74, 6) is -0.830. The van der Waals surface area contributed by atoms with Crippen LogP contribution in [0.3, 0.4) is 0 Å². The van der Waals surface area contributed by atoms with Crippen LogP contribution in [0.5, 0.6) is 0 Å². The zero-order chi connectivity index (χ0) is 8.55. The van der Waals surface area contributed by atoms with E-state index >= 15 is 0 Å². The van der Waals surface area contributed by atoms with Gasteiger partial charge in [-0.05, 0) is 12.5 Å². The highest BCUT2D eigenvalue weighted by Crippen LogP contribution is 2.46. The van der Waals surface area contributed by atoms with Crippen molar-refractivity contribution in [3.8, 4) is 0 Å². The summed E-state index contributed by atoms with van der Waals surface area (Å²) in [6.45, 7) is 0. The van der Waals surface area contributed by atoms with Gasteiger partial charge in [0.25, 0.3) is 0 Å². The molecule has 13 heavy (non-hydrogen) atoms. The van der Waals surface area contributed by atoms with Gasteiger partial charge in [0.1, 0.15) is 6.33 Å². The van der Waals surface area contributed by atoms with Crippen LogP contribution < -0.4 is 0 Å². The van der Waals surface area contributed by atoms with Crippen molar-refractivity contribution in [2.75, 3.05) is 0 Å². The quantitative estimate of drug-likeness (QED) is 0.776. The number of aromatic nitrogens is 2. The number of nitrogens with zero attached hydrogens (tertiary/aromatic N) is 2. The Balaban J connectivity index is 0.000000845. The van der Waals surface area contributed by atoms with Gasteiger partial charge in [-0.3, -0.25) is 4.79 Å². The molecule has 5 heteroatoms. The molecule has 2 atom stereocenters. The molecule has 0 radical (unpaired) electrons. The molecule has 4 nitrogen and oxygen atoms in total. The number of aliphatic carboxylic acids is 1. The number of hydrogen-bond donors (Lipinski definition) is 1. The zero-order valence-corrected chi connectivity index (χ0v) is 7.57. The highest BCUT2D eigenvalue weighted by atomic mass is 35.5. The van der Waals surface area contributed by atoms with E-state index < -0.39 is 5.97 Å². The molecule has 0 unspecified atom stereocenters. The summed E-state index contributed by atoms with van der Waals surface area (Å²) in [7, 11) is 0. The zero-order valence-electron chi connectivity index (χ0n) is 6.75. The van der Waals surface area contributed by atoms with Crippen molar-refractivity contribution in [2.24, 2.45) is 5.92 Å². The van der Waals surface area contributed by atoms with Gasteiger partial charge < -0.3 is 5.11 Å². The van der Waals surface area contributed by atoms with Crippen LogP contribution in [0.1, 0.15) is 18.0 Å². The van der Waals surface area contributed by atoms with E-state index in [0.717, 1.165) is 5.69 Å². The van der Waals surface area contributed by atoms with E-state index in [9.17, 15) is 4.79 Å². The van der Waals surface area contributed by atoms with Gasteiger partial charge in [-0.15, -0.1) is 12.4 Å². The first kappa shape index (κ1) is 9.92. The molecule has 0 spiro atoms. The third-order valence-electron chi connectivity index (χ3n) is 2.09. The number of carboxylic acids is 1. The fourth-order valence-corrected chi connectivity index (χ4v) is 1.32. The van der Waals surface area contributed by atoms with Gasteiger partial charge in [0, 0.05) is 17.8 Å². The molecule has 1 saturated carbocycles. The summed E-state index contributed by atoms with van der Waals surface area (Å²) in [5, 5.41) is 8.64. The molecule has 1 aromatic heterocycles. The molecule has 0 amide bonds. The van der Waals surface area contributed by atoms with Gasteiger partial charge in [0.2, 0.25) is 0 Å². The molecular weight excluding hydrogens is 192 g/mol. The maximum atomic E-state index is 10.5. The molecule has 70 valence electrons. The number of hydrogen-bond acceptors (Lipinski definition) is 3. The molecule has 0 saturated heterocycles. The van der Waals surface area contributed by atoms with E-state index in [0.29, 0.717) is 6.42 Å². The Kier molecular flexibility index (Phi) is 2.83. The molecular formula is C8H9ClN2O2. The van der Waals surface area contributed by atoms with Crippen LogP contribution in [0.4, 0.5) is 0 Å². The largest absolute Gasteiger partial charge is 0.481 e. The maximum Gasteiger partial charge on any atom is 0.307 e. The third-order valence-corrected chi connectivity index (χ3v) is 2.09. The third kappa shape index (κ3) is 1.95. The van der Waals surface area contributed by atoms with Gasteiger partial charge in [0.15, 0.2) is 0 Å². The highest BCUT2D eigenvalue weighted by Gasteiger charge is 2.45. The van der Waals surface area contributed by atoms with Crippen LogP contribution in [0.15, 0.2) is 18.6 Å². The van der Waals surface area contributed by atoms with E-state index in [1.807, 2.05) is 0 Å². The molecule has 1 aromatic rings. The van der Waals surface area contributed by atoms with Crippen LogP contribution in [-0.4, -0.2) is 21.0 Å². The monoisotopic (exact) mass is 200 g/mol.